The van der Waals surface area contributed by atoms with Crippen LogP contribution in [0.5, 0.6) is 5.88 Å². The van der Waals surface area contributed by atoms with Crippen molar-refractivity contribution in [1.82, 2.24) is 20.2 Å². The van der Waals surface area contributed by atoms with Gasteiger partial charge < -0.3 is 19.9 Å². The van der Waals surface area contributed by atoms with Gasteiger partial charge >= 0.3 is 0 Å². The number of carbonyl (C=O) groups excluding carboxylic acids is 1. The van der Waals surface area contributed by atoms with E-state index in [-0.39, 0.29) is 5.91 Å². The molecule has 1 amide bonds. The maximum atomic E-state index is 12.6. The van der Waals surface area contributed by atoms with E-state index in [0.29, 0.717) is 36.6 Å². The van der Waals surface area contributed by atoms with Gasteiger partial charge in [0.1, 0.15) is 6.07 Å². The number of H-pyrrole nitrogens is 1. The standard InChI is InChI=1S/C28H29N5O2/c1-33(2)14-3-15-35-27-11-9-23(18-32-27)21-5-7-22(8-6-21)28(34)30-13-12-20-4-10-26-25(16-20)24(17-29)19-31-26/h4-11,16,18-19,31H,3,12-15H2,1-2H3,(H,30,34). The van der Waals surface area contributed by atoms with Gasteiger partial charge in [-0.2, -0.15) is 5.26 Å². The van der Waals surface area contributed by atoms with Crippen LogP contribution in [0.1, 0.15) is 27.9 Å². The van der Waals surface area contributed by atoms with Crippen LogP contribution < -0.4 is 10.1 Å². The monoisotopic (exact) mass is 467 g/mol. The summed E-state index contributed by atoms with van der Waals surface area (Å²) in [7, 11) is 4.08. The van der Waals surface area contributed by atoms with Gasteiger partial charge in [0.25, 0.3) is 5.91 Å². The Kier molecular flexibility index (Phi) is 7.76. The lowest BCUT2D eigenvalue weighted by atomic mass is 10.1. The fraction of sp³-hybridized carbons (Fsp3) is 0.250. The first-order chi connectivity index (χ1) is 17.0. The molecule has 7 nitrogen and oxygen atoms in total. The topological polar surface area (TPSA) is 94.0 Å². The predicted molar refractivity (Wildman–Crippen MR) is 137 cm³/mol. The van der Waals surface area contributed by atoms with Gasteiger partial charge in [0.2, 0.25) is 5.88 Å². The maximum absolute atomic E-state index is 12.6. The summed E-state index contributed by atoms with van der Waals surface area (Å²) in [6, 6.07) is 19.5. The molecule has 4 aromatic rings. The third-order valence-electron chi connectivity index (χ3n) is 5.78. The summed E-state index contributed by atoms with van der Waals surface area (Å²) in [6.07, 6.45) is 5.14. The lowest BCUT2D eigenvalue weighted by molar-refractivity contribution is 0.0954. The van der Waals surface area contributed by atoms with E-state index in [2.05, 4.69) is 26.3 Å². The summed E-state index contributed by atoms with van der Waals surface area (Å²) in [4.78, 5) is 22.2. The second-order valence-electron chi connectivity index (χ2n) is 8.67. The molecule has 2 aromatic carbocycles. The minimum atomic E-state index is -0.114. The number of amides is 1. The van der Waals surface area contributed by atoms with Gasteiger partial charge in [-0.05, 0) is 68.4 Å². The number of rotatable bonds is 10. The molecule has 0 spiro atoms. The van der Waals surface area contributed by atoms with Gasteiger partial charge in [0, 0.05) is 53.6 Å². The molecule has 0 radical (unpaired) electrons. The second kappa shape index (κ2) is 11.3. The van der Waals surface area contributed by atoms with E-state index >= 15 is 0 Å². The van der Waals surface area contributed by atoms with Crippen molar-refractivity contribution >= 4 is 16.8 Å². The number of pyridine rings is 1. The number of hydrogen-bond donors (Lipinski definition) is 2. The molecule has 0 saturated heterocycles. The molecule has 2 N–H and O–H groups in total. The van der Waals surface area contributed by atoms with E-state index in [9.17, 15) is 10.1 Å². The zero-order valence-electron chi connectivity index (χ0n) is 20.0. The van der Waals surface area contributed by atoms with Crippen LogP contribution in [0.15, 0.2) is 67.0 Å². The van der Waals surface area contributed by atoms with Gasteiger partial charge in [0.15, 0.2) is 0 Å². The number of nitrogens with zero attached hydrogens (tertiary/aromatic N) is 3. The molecule has 2 aromatic heterocycles. The molecule has 4 rings (SSSR count). The molecule has 2 heterocycles. The number of fused-ring (bicyclic) bond motifs is 1. The molecule has 0 bridgehead atoms. The number of aromatic nitrogens is 2. The average molecular weight is 468 g/mol. The van der Waals surface area contributed by atoms with E-state index in [4.69, 9.17) is 4.74 Å². The Bertz CT molecular complexity index is 1320. The van der Waals surface area contributed by atoms with Gasteiger partial charge in [0.05, 0.1) is 12.2 Å². The van der Waals surface area contributed by atoms with Crippen molar-refractivity contribution in [3.05, 3.63) is 83.7 Å². The Balaban J connectivity index is 1.28. The summed E-state index contributed by atoms with van der Waals surface area (Å²) in [5.74, 6) is 0.500. The smallest absolute Gasteiger partial charge is 0.251 e. The SMILES string of the molecule is CN(C)CCCOc1ccc(-c2ccc(C(=O)NCCc3ccc4[nH]cc(C#N)c4c3)cc2)cn1. The van der Waals surface area contributed by atoms with Crippen LogP contribution in [-0.2, 0) is 6.42 Å². The van der Waals surface area contributed by atoms with Crippen molar-refractivity contribution in [3.8, 4) is 23.1 Å². The first-order valence-corrected chi connectivity index (χ1v) is 11.7. The zero-order chi connectivity index (χ0) is 24.6. The molecule has 35 heavy (non-hydrogen) atoms. The Labute approximate surface area is 205 Å². The van der Waals surface area contributed by atoms with Crippen molar-refractivity contribution in [2.75, 3.05) is 33.8 Å². The first-order valence-electron chi connectivity index (χ1n) is 11.7. The van der Waals surface area contributed by atoms with E-state index in [1.165, 1.54) is 0 Å². The summed E-state index contributed by atoms with van der Waals surface area (Å²) in [5, 5.41) is 13.1. The number of carbonyl (C=O) groups is 1. The third-order valence-corrected chi connectivity index (χ3v) is 5.78. The van der Waals surface area contributed by atoms with Crippen LogP contribution >= 0.6 is 0 Å². The highest BCUT2D eigenvalue weighted by Crippen LogP contribution is 2.21. The minimum Gasteiger partial charge on any atom is -0.478 e. The van der Waals surface area contributed by atoms with Crippen molar-refractivity contribution in [3.63, 3.8) is 0 Å². The highest BCUT2D eigenvalue weighted by atomic mass is 16.5. The fourth-order valence-electron chi connectivity index (χ4n) is 3.85. The number of hydrogen-bond acceptors (Lipinski definition) is 5. The molecule has 0 saturated carbocycles. The van der Waals surface area contributed by atoms with E-state index in [1.54, 1.807) is 12.4 Å². The molecule has 0 fully saturated rings. The number of ether oxygens (including phenoxy) is 1. The van der Waals surface area contributed by atoms with Gasteiger partial charge in [-0.15, -0.1) is 0 Å². The Morgan fingerprint density at radius 2 is 1.91 bits per heavy atom. The first kappa shape index (κ1) is 24.0. The highest BCUT2D eigenvalue weighted by molar-refractivity contribution is 5.94. The van der Waals surface area contributed by atoms with Crippen LogP contribution in [0.3, 0.4) is 0 Å². The molecular weight excluding hydrogens is 438 g/mol. The van der Waals surface area contributed by atoms with Crippen LogP contribution in [0, 0.1) is 11.3 Å². The predicted octanol–water partition coefficient (Wildman–Crippen LogP) is 4.40. The molecular formula is C28H29N5O2. The third kappa shape index (κ3) is 6.25. The fourth-order valence-corrected chi connectivity index (χ4v) is 3.85. The van der Waals surface area contributed by atoms with Crippen molar-refractivity contribution in [2.24, 2.45) is 0 Å². The minimum absolute atomic E-state index is 0.114. The summed E-state index contributed by atoms with van der Waals surface area (Å²) in [5.41, 5.74) is 5.20. The molecule has 0 unspecified atom stereocenters. The quantitative estimate of drug-likeness (QED) is 0.337. The molecule has 0 aliphatic carbocycles. The molecule has 7 heteroatoms. The normalized spacial score (nSPS) is 10.9. The summed E-state index contributed by atoms with van der Waals surface area (Å²) < 4.78 is 5.69. The van der Waals surface area contributed by atoms with Gasteiger partial charge in [-0.1, -0.05) is 18.2 Å². The Morgan fingerprint density at radius 1 is 1.11 bits per heavy atom. The Morgan fingerprint density at radius 3 is 2.63 bits per heavy atom. The number of nitriles is 1. The molecule has 0 aliphatic rings. The number of benzene rings is 2. The Hall–Kier alpha value is -4.15. The van der Waals surface area contributed by atoms with Gasteiger partial charge in [-0.3, -0.25) is 4.79 Å². The van der Waals surface area contributed by atoms with Crippen molar-refractivity contribution in [1.29, 1.82) is 5.26 Å². The van der Waals surface area contributed by atoms with Crippen LogP contribution in [-0.4, -0.2) is 54.6 Å². The summed E-state index contributed by atoms with van der Waals surface area (Å²) >= 11 is 0. The molecule has 178 valence electrons. The molecule has 0 atom stereocenters. The zero-order valence-corrected chi connectivity index (χ0v) is 20.0. The van der Waals surface area contributed by atoms with Crippen LogP contribution in [0.4, 0.5) is 0 Å². The molecule has 0 aliphatic heterocycles. The van der Waals surface area contributed by atoms with Crippen molar-refractivity contribution < 1.29 is 9.53 Å². The lowest BCUT2D eigenvalue weighted by Crippen LogP contribution is -2.25. The lowest BCUT2D eigenvalue weighted by Gasteiger charge is -2.10. The summed E-state index contributed by atoms with van der Waals surface area (Å²) in [6.45, 7) is 2.12. The van der Waals surface area contributed by atoms with E-state index in [1.807, 2.05) is 68.7 Å². The van der Waals surface area contributed by atoms with E-state index in [0.717, 1.165) is 40.6 Å². The highest BCUT2D eigenvalue weighted by Gasteiger charge is 2.08. The number of aromatic amines is 1. The van der Waals surface area contributed by atoms with E-state index < -0.39 is 0 Å². The largest absolute Gasteiger partial charge is 0.478 e. The van der Waals surface area contributed by atoms with Crippen molar-refractivity contribution in [2.45, 2.75) is 12.8 Å². The second-order valence-corrected chi connectivity index (χ2v) is 8.67. The maximum Gasteiger partial charge on any atom is 0.251 e. The van der Waals surface area contributed by atoms with Crippen LogP contribution in [0.2, 0.25) is 0 Å². The van der Waals surface area contributed by atoms with Gasteiger partial charge in [-0.25, -0.2) is 4.98 Å². The van der Waals surface area contributed by atoms with Crippen LogP contribution in [0.25, 0.3) is 22.0 Å². The average Bonchev–Trinajstić information content (AvgIpc) is 3.29. The number of nitrogens with one attached hydrogen (secondary N) is 2.